The van der Waals surface area contributed by atoms with Crippen LogP contribution in [0.3, 0.4) is 0 Å². The van der Waals surface area contributed by atoms with E-state index in [2.05, 4.69) is 6.58 Å². The van der Waals surface area contributed by atoms with Crippen LogP contribution in [0, 0.1) is 0 Å². The Morgan fingerprint density at radius 2 is 2.26 bits per heavy atom. The van der Waals surface area contributed by atoms with E-state index in [4.69, 9.17) is 28.4 Å². The van der Waals surface area contributed by atoms with Crippen molar-refractivity contribution in [3.63, 3.8) is 0 Å². The Morgan fingerprint density at radius 3 is 2.83 bits per heavy atom. The molecule has 0 saturated carbocycles. The van der Waals surface area contributed by atoms with Crippen LogP contribution in [0.25, 0.3) is 0 Å². The van der Waals surface area contributed by atoms with E-state index in [0.717, 1.165) is 0 Å². The predicted octanol–water partition coefficient (Wildman–Crippen LogP) is -0.242. The van der Waals surface area contributed by atoms with E-state index in [1.807, 2.05) is 0 Å². The highest BCUT2D eigenvalue weighted by Gasteiger charge is 2.60. The monoisotopic (exact) mass is 332 g/mol. The van der Waals surface area contributed by atoms with Gasteiger partial charge in [-0.3, -0.25) is 0 Å². The summed E-state index contributed by atoms with van der Waals surface area (Å²) in [5.74, 6) is -2.60. The number of fused-ring (bicyclic) bond motifs is 1. The molecule has 2 saturated heterocycles. The number of esters is 1. The van der Waals surface area contributed by atoms with Crippen LogP contribution in [0.4, 0.5) is 4.79 Å². The second kappa shape index (κ2) is 7.26. The van der Waals surface area contributed by atoms with E-state index in [1.165, 1.54) is 20.3 Å². The Bertz CT molecular complexity index is 461. The lowest BCUT2D eigenvalue weighted by molar-refractivity contribution is -0.311. The van der Waals surface area contributed by atoms with Gasteiger partial charge in [0.05, 0.1) is 26.7 Å². The van der Waals surface area contributed by atoms with Crippen LogP contribution in [0.2, 0.25) is 0 Å². The van der Waals surface area contributed by atoms with E-state index in [9.17, 15) is 14.7 Å². The van der Waals surface area contributed by atoms with Gasteiger partial charge in [-0.05, 0) is 0 Å². The molecule has 2 rings (SSSR count). The number of aliphatic hydroxyl groups excluding tert-OH is 1. The summed E-state index contributed by atoms with van der Waals surface area (Å²) in [6.07, 6.45) is -3.01. The van der Waals surface area contributed by atoms with Crippen LogP contribution in [0.5, 0.6) is 0 Å². The molecule has 1 N–H and O–H groups in total. The molecule has 0 aromatic carbocycles. The van der Waals surface area contributed by atoms with Gasteiger partial charge in [0.15, 0.2) is 12.2 Å². The van der Waals surface area contributed by atoms with Crippen LogP contribution in [0.1, 0.15) is 6.42 Å². The van der Waals surface area contributed by atoms with Crippen LogP contribution in [-0.2, 0) is 33.2 Å². The second-order valence-electron chi connectivity index (χ2n) is 5.08. The van der Waals surface area contributed by atoms with Crippen molar-refractivity contribution in [1.29, 1.82) is 0 Å². The maximum absolute atomic E-state index is 12.2. The zero-order valence-electron chi connectivity index (χ0n) is 12.9. The van der Waals surface area contributed by atoms with Gasteiger partial charge in [-0.2, -0.15) is 0 Å². The molecule has 0 aliphatic carbocycles. The van der Waals surface area contributed by atoms with Crippen LogP contribution in [-0.4, -0.2) is 74.9 Å². The van der Waals surface area contributed by atoms with Crippen LogP contribution < -0.4 is 0 Å². The first-order valence-corrected chi connectivity index (χ1v) is 7.03. The molecule has 9 nitrogen and oxygen atoms in total. The fourth-order valence-electron chi connectivity index (χ4n) is 2.67. The van der Waals surface area contributed by atoms with Gasteiger partial charge in [0.25, 0.3) is 5.79 Å². The minimum atomic E-state index is -1.81. The summed E-state index contributed by atoms with van der Waals surface area (Å²) >= 11 is 0. The Hall–Kier alpha value is -1.68. The van der Waals surface area contributed by atoms with Gasteiger partial charge >= 0.3 is 12.1 Å². The van der Waals surface area contributed by atoms with E-state index in [-0.39, 0.29) is 13.0 Å². The SMILES string of the molecule is C=CCO[C@]1(C(=O)OC)C[C@H]2OC(=O)O[C@H]2[C@@H]([C@@H](CO)OC)O1. The first kappa shape index (κ1) is 17.7. The molecule has 0 spiro atoms. The number of hydrogen-bond acceptors (Lipinski definition) is 9. The van der Waals surface area contributed by atoms with Crippen molar-refractivity contribution >= 4 is 12.1 Å². The normalized spacial score (nSPS) is 34.0. The molecule has 23 heavy (non-hydrogen) atoms. The first-order valence-electron chi connectivity index (χ1n) is 7.03. The van der Waals surface area contributed by atoms with Crippen molar-refractivity contribution in [1.82, 2.24) is 0 Å². The molecule has 0 unspecified atom stereocenters. The zero-order valence-corrected chi connectivity index (χ0v) is 12.9. The smallest absolute Gasteiger partial charge is 0.465 e. The molecule has 0 aromatic heterocycles. The third-order valence-electron chi connectivity index (χ3n) is 3.75. The third kappa shape index (κ3) is 3.32. The highest BCUT2D eigenvalue weighted by Crippen LogP contribution is 2.39. The van der Waals surface area contributed by atoms with Gasteiger partial charge in [-0.15, -0.1) is 6.58 Å². The lowest BCUT2D eigenvalue weighted by Gasteiger charge is -2.43. The summed E-state index contributed by atoms with van der Waals surface area (Å²) in [6.45, 7) is 3.11. The molecule has 0 aromatic rings. The molecule has 0 amide bonds. The van der Waals surface area contributed by atoms with Crippen LogP contribution in [0.15, 0.2) is 12.7 Å². The minimum Gasteiger partial charge on any atom is -0.465 e. The molecule has 5 atom stereocenters. The quantitative estimate of drug-likeness (QED) is 0.499. The Morgan fingerprint density at radius 1 is 1.52 bits per heavy atom. The number of aliphatic hydroxyl groups is 1. The van der Waals surface area contributed by atoms with Crippen molar-refractivity contribution in [3.05, 3.63) is 12.7 Å². The summed E-state index contributed by atoms with van der Waals surface area (Å²) < 4.78 is 31.3. The molecule has 2 aliphatic rings. The van der Waals surface area contributed by atoms with Gasteiger partial charge in [0.2, 0.25) is 0 Å². The van der Waals surface area contributed by atoms with Crippen molar-refractivity contribution in [2.24, 2.45) is 0 Å². The highest BCUT2D eigenvalue weighted by molar-refractivity contribution is 5.78. The summed E-state index contributed by atoms with van der Waals surface area (Å²) in [6, 6.07) is 0. The lowest BCUT2D eigenvalue weighted by Crippen LogP contribution is -2.62. The Kier molecular flexibility index (Phi) is 5.58. The average molecular weight is 332 g/mol. The van der Waals surface area contributed by atoms with Crippen molar-refractivity contribution < 1.29 is 43.1 Å². The zero-order chi connectivity index (χ0) is 17.0. The van der Waals surface area contributed by atoms with E-state index in [1.54, 1.807) is 0 Å². The predicted molar refractivity (Wildman–Crippen MR) is 73.4 cm³/mol. The topological polar surface area (TPSA) is 110 Å². The second-order valence-corrected chi connectivity index (χ2v) is 5.08. The lowest BCUT2D eigenvalue weighted by atomic mass is 9.92. The van der Waals surface area contributed by atoms with Crippen molar-refractivity contribution in [2.75, 3.05) is 27.4 Å². The van der Waals surface area contributed by atoms with Gasteiger partial charge in [0, 0.05) is 7.11 Å². The summed E-state index contributed by atoms with van der Waals surface area (Å²) in [5, 5.41) is 9.45. The number of carbonyl (C=O) groups excluding carboxylic acids is 2. The minimum absolute atomic E-state index is 0.00475. The number of hydrogen-bond donors (Lipinski definition) is 1. The maximum Gasteiger partial charge on any atom is 0.509 e. The average Bonchev–Trinajstić information content (AvgIpc) is 2.93. The van der Waals surface area contributed by atoms with E-state index < -0.39 is 48.9 Å². The number of methoxy groups -OCH3 is 2. The fraction of sp³-hybridized carbons (Fsp3) is 0.714. The summed E-state index contributed by atoms with van der Waals surface area (Å²) in [5.41, 5.74) is 0. The van der Waals surface area contributed by atoms with Gasteiger partial charge in [-0.1, -0.05) is 6.08 Å². The molecule has 2 heterocycles. The van der Waals surface area contributed by atoms with Gasteiger partial charge in [0.1, 0.15) is 12.2 Å². The first-order chi connectivity index (χ1) is 11.0. The highest BCUT2D eigenvalue weighted by atomic mass is 16.8. The Balaban J connectivity index is 2.34. The van der Waals surface area contributed by atoms with E-state index >= 15 is 0 Å². The molecule has 9 heteroatoms. The molecule has 2 aliphatic heterocycles. The van der Waals surface area contributed by atoms with Gasteiger partial charge in [-0.25, -0.2) is 9.59 Å². The van der Waals surface area contributed by atoms with Crippen molar-refractivity contribution in [3.8, 4) is 0 Å². The molecular weight excluding hydrogens is 312 g/mol. The fourth-order valence-corrected chi connectivity index (χ4v) is 2.67. The third-order valence-corrected chi connectivity index (χ3v) is 3.75. The Labute approximate surface area is 133 Å². The molecule has 130 valence electrons. The standard InChI is InChI=1S/C14H20O9/c1-4-5-20-14(12(16)19-3)6-8-10(22-13(17)21-8)11(23-14)9(7-15)18-2/h4,8-11,15H,1,5-7H2,2-3H3/t8-,9-,10-,11-,14-/m1/s1. The molecule has 0 bridgehead atoms. The molecule has 0 radical (unpaired) electrons. The van der Waals surface area contributed by atoms with Crippen molar-refractivity contribution in [2.45, 2.75) is 36.6 Å². The number of rotatable bonds is 7. The molecule has 2 fully saturated rings. The van der Waals surface area contributed by atoms with Gasteiger partial charge < -0.3 is 33.5 Å². The van der Waals surface area contributed by atoms with Crippen LogP contribution >= 0.6 is 0 Å². The summed E-state index contributed by atoms with van der Waals surface area (Å²) in [4.78, 5) is 23.7. The van der Waals surface area contributed by atoms with E-state index in [0.29, 0.717) is 0 Å². The maximum atomic E-state index is 12.2. The number of ether oxygens (including phenoxy) is 6. The number of carbonyl (C=O) groups is 2. The summed E-state index contributed by atoms with van der Waals surface area (Å²) in [7, 11) is 2.54. The molecular formula is C14H20O9. The largest absolute Gasteiger partial charge is 0.509 e.